The van der Waals surface area contributed by atoms with Crippen molar-refractivity contribution in [3.8, 4) is 0 Å². The van der Waals surface area contributed by atoms with E-state index in [4.69, 9.17) is 5.84 Å². The van der Waals surface area contributed by atoms with Gasteiger partial charge in [0.25, 0.3) is 5.91 Å². The van der Waals surface area contributed by atoms with Crippen LogP contribution in [-0.2, 0) is 4.79 Å². The van der Waals surface area contributed by atoms with Crippen molar-refractivity contribution in [3.05, 3.63) is 11.6 Å². The molecule has 0 heterocycles. The number of rotatable bonds is 3. The van der Waals surface area contributed by atoms with E-state index in [1.165, 1.54) is 0 Å². The molecule has 0 aliphatic heterocycles. The van der Waals surface area contributed by atoms with Crippen molar-refractivity contribution in [2.45, 2.75) is 48.0 Å². The largest absolute Gasteiger partial charge is 0.291 e. The van der Waals surface area contributed by atoms with Crippen molar-refractivity contribution in [1.82, 2.24) is 5.43 Å². The van der Waals surface area contributed by atoms with E-state index in [9.17, 15) is 4.79 Å². The third kappa shape index (κ3) is 5.57. The minimum atomic E-state index is -0.241. The summed E-state index contributed by atoms with van der Waals surface area (Å²) in [6.45, 7) is 12.9. The summed E-state index contributed by atoms with van der Waals surface area (Å²) in [7, 11) is 0. The van der Waals surface area contributed by atoms with Crippen LogP contribution in [0.5, 0.6) is 0 Å². The van der Waals surface area contributed by atoms with E-state index in [0.29, 0.717) is 0 Å². The fourth-order valence-corrected chi connectivity index (χ4v) is 1.90. The zero-order chi connectivity index (χ0) is 12.3. The molecular formula is C12H24N2O. The van der Waals surface area contributed by atoms with E-state index in [2.05, 4.69) is 40.0 Å². The topological polar surface area (TPSA) is 55.1 Å². The molecule has 0 aromatic rings. The molecule has 88 valence electrons. The summed E-state index contributed by atoms with van der Waals surface area (Å²) in [4.78, 5) is 11.1. The molecule has 0 aromatic heterocycles. The molecule has 0 aliphatic carbocycles. The lowest BCUT2D eigenvalue weighted by Gasteiger charge is -2.33. The van der Waals surface area contributed by atoms with Gasteiger partial charge in [-0.1, -0.05) is 40.2 Å². The van der Waals surface area contributed by atoms with Gasteiger partial charge in [-0.2, -0.15) is 0 Å². The zero-order valence-corrected chi connectivity index (χ0v) is 10.8. The molecule has 0 radical (unpaired) electrons. The number of hydrazine groups is 1. The summed E-state index contributed by atoms with van der Waals surface area (Å²) in [6, 6.07) is 0. The molecule has 0 saturated heterocycles. The normalized spacial score (nSPS) is 13.9. The summed E-state index contributed by atoms with van der Waals surface area (Å²) in [5.41, 5.74) is 3.44. The highest BCUT2D eigenvalue weighted by Gasteiger charge is 2.27. The third-order valence-electron chi connectivity index (χ3n) is 2.53. The lowest BCUT2D eigenvalue weighted by atomic mass is 9.72. The van der Waals surface area contributed by atoms with Crippen LogP contribution in [0.2, 0.25) is 0 Å². The van der Waals surface area contributed by atoms with Gasteiger partial charge in [-0.05, 0) is 24.2 Å². The second-order valence-corrected chi connectivity index (χ2v) is 5.96. The van der Waals surface area contributed by atoms with Crippen molar-refractivity contribution >= 4 is 5.91 Å². The average Bonchev–Trinajstić information content (AvgIpc) is 1.99. The highest BCUT2D eigenvalue weighted by molar-refractivity contribution is 5.87. The highest BCUT2D eigenvalue weighted by Crippen LogP contribution is 2.38. The van der Waals surface area contributed by atoms with Gasteiger partial charge in [-0.3, -0.25) is 10.2 Å². The van der Waals surface area contributed by atoms with Gasteiger partial charge in [-0.15, -0.1) is 0 Å². The predicted molar refractivity (Wildman–Crippen MR) is 63.9 cm³/mol. The Morgan fingerprint density at radius 1 is 1.27 bits per heavy atom. The molecule has 3 heteroatoms. The molecule has 0 fully saturated rings. The summed E-state index contributed by atoms with van der Waals surface area (Å²) < 4.78 is 0. The van der Waals surface area contributed by atoms with E-state index < -0.39 is 0 Å². The van der Waals surface area contributed by atoms with Crippen molar-refractivity contribution in [1.29, 1.82) is 0 Å². The molecule has 0 saturated carbocycles. The van der Waals surface area contributed by atoms with Crippen LogP contribution in [0.4, 0.5) is 0 Å². The second kappa shape index (κ2) is 4.79. The minimum absolute atomic E-state index is 0.0186. The first-order valence-electron chi connectivity index (χ1n) is 5.28. The molecule has 0 bridgehead atoms. The predicted octanol–water partition coefficient (Wildman–Crippen LogP) is 2.39. The van der Waals surface area contributed by atoms with Gasteiger partial charge in [0.15, 0.2) is 0 Å². The van der Waals surface area contributed by atoms with E-state index >= 15 is 0 Å². The Balaban J connectivity index is 4.73. The molecule has 3 nitrogen and oxygen atoms in total. The van der Waals surface area contributed by atoms with E-state index in [-0.39, 0.29) is 16.7 Å². The Labute approximate surface area is 93.1 Å². The van der Waals surface area contributed by atoms with E-state index in [1.54, 1.807) is 6.08 Å². The molecule has 0 aromatic carbocycles. The fourth-order valence-electron chi connectivity index (χ4n) is 1.90. The summed E-state index contributed by atoms with van der Waals surface area (Å²) in [5.74, 6) is 4.81. The first-order chi connectivity index (χ1) is 6.58. The van der Waals surface area contributed by atoms with E-state index in [1.807, 2.05) is 6.92 Å². The summed E-state index contributed by atoms with van der Waals surface area (Å²) >= 11 is 0. The Kier molecular flexibility index (Phi) is 4.53. The van der Waals surface area contributed by atoms with E-state index in [0.717, 1.165) is 12.0 Å². The smallest absolute Gasteiger partial charge is 0.257 e. The summed E-state index contributed by atoms with van der Waals surface area (Å²) in [5, 5.41) is 0. The number of carbonyl (C=O) groups is 1. The quantitative estimate of drug-likeness (QED) is 0.326. The lowest BCUT2D eigenvalue weighted by Crippen LogP contribution is -2.30. The zero-order valence-electron chi connectivity index (χ0n) is 10.8. The van der Waals surface area contributed by atoms with Gasteiger partial charge in [0, 0.05) is 6.08 Å². The lowest BCUT2D eigenvalue weighted by molar-refractivity contribution is -0.116. The molecule has 0 aliphatic rings. The maximum Gasteiger partial charge on any atom is 0.257 e. The number of hydrogen-bond acceptors (Lipinski definition) is 2. The van der Waals surface area contributed by atoms with Crippen molar-refractivity contribution in [2.75, 3.05) is 0 Å². The van der Waals surface area contributed by atoms with Crippen LogP contribution in [0.1, 0.15) is 48.0 Å². The van der Waals surface area contributed by atoms with Gasteiger partial charge in [0.2, 0.25) is 0 Å². The molecule has 0 rings (SSSR count). The fraction of sp³-hybridized carbons (Fsp3) is 0.750. The van der Waals surface area contributed by atoms with Crippen LogP contribution in [0.15, 0.2) is 11.6 Å². The minimum Gasteiger partial charge on any atom is -0.291 e. The molecule has 1 amide bonds. The Bertz CT molecular complexity index is 259. The van der Waals surface area contributed by atoms with Gasteiger partial charge >= 0.3 is 0 Å². The molecule has 0 unspecified atom stereocenters. The molecule has 0 atom stereocenters. The molecular weight excluding hydrogens is 188 g/mol. The number of hydrogen-bond donors (Lipinski definition) is 2. The number of allylic oxidation sites excluding steroid dienone is 1. The first-order valence-corrected chi connectivity index (χ1v) is 5.28. The van der Waals surface area contributed by atoms with Gasteiger partial charge < -0.3 is 0 Å². The van der Waals surface area contributed by atoms with Gasteiger partial charge in [-0.25, -0.2) is 5.84 Å². The number of nitrogens with one attached hydrogen (secondary N) is 1. The van der Waals surface area contributed by atoms with Crippen LogP contribution in [-0.4, -0.2) is 5.91 Å². The third-order valence-corrected chi connectivity index (χ3v) is 2.53. The highest BCUT2D eigenvalue weighted by atomic mass is 16.2. The van der Waals surface area contributed by atoms with Crippen molar-refractivity contribution in [2.24, 2.45) is 16.7 Å². The van der Waals surface area contributed by atoms with Gasteiger partial charge in [0.05, 0.1) is 0 Å². The maximum atomic E-state index is 11.1. The Morgan fingerprint density at radius 3 is 2.07 bits per heavy atom. The number of carbonyl (C=O) groups excluding carboxylic acids is 1. The average molecular weight is 212 g/mol. The van der Waals surface area contributed by atoms with Crippen LogP contribution >= 0.6 is 0 Å². The van der Waals surface area contributed by atoms with Crippen LogP contribution < -0.4 is 11.3 Å². The molecule has 3 N–H and O–H groups in total. The standard InChI is InChI=1S/C12H24N2O/c1-9(7-10(15)14-13)12(5,6)8-11(2,3)4/h7H,8,13H2,1-6H3,(H,14,15). The van der Waals surface area contributed by atoms with Crippen LogP contribution in [0.3, 0.4) is 0 Å². The second-order valence-electron chi connectivity index (χ2n) is 5.96. The van der Waals surface area contributed by atoms with Crippen molar-refractivity contribution < 1.29 is 4.79 Å². The Morgan fingerprint density at radius 2 is 1.73 bits per heavy atom. The SMILES string of the molecule is CC(=CC(=O)NN)C(C)(C)CC(C)(C)C. The molecule has 0 spiro atoms. The number of amides is 1. The summed E-state index contributed by atoms with van der Waals surface area (Å²) in [6.07, 6.45) is 2.60. The van der Waals surface area contributed by atoms with Crippen LogP contribution in [0.25, 0.3) is 0 Å². The monoisotopic (exact) mass is 212 g/mol. The van der Waals surface area contributed by atoms with Gasteiger partial charge in [0.1, 0.15) is 0 Å². The number of nitrogens with two attached hydrogens (primary N) is 1. The first kappa shape index (κ1) is 14.2. The van der Waals surface area contributed by atoms with Crippen LogP contribution in [0, 0.1) is 10.8 Å². The Hall–Kier alpha value is -0.830. The maximum absolute atomic E-state index is 11.1. The molecule has 15 heavy (non-hydrogen) atoms. The van der Waals surface area contributed by atoms with Crippen molar-refractivity contribution in [3.63, 3.8) is 0 Å².